The molecule has 0 atom stereocenters. The van der Waals surface area contributed by atoms with Crippen molar-refractivity contribution in [3.63, 3.8) is 0 Å². The van der Waals surface area contributed by atoms with Crippen molar-refractivity contribution < 1.29 is 4.74 Å². The molecule has 1 aromatic carbocycles. The fourth-order valence-electron chi connectivity index (χ4n) is 1.91. The monoisotopic (exact) mass is 284 g/mol. The normalized spacial score (nSPS) is 10.7. The lowest BCUT2D eigenvalue weighted by Crippen LogP contribution is -2.14. The molecule has 1 heterocycles. The molecule has 0 spiro atoms. The lowest BCUT2D eigenvalue weighted by molar-refractivity contribution is 0.436. The van der Waals surface area contributed by atoms with Crippen molar-refractivity contribution in [2.45, 2.75) is 33.6 Å². The van der Waals surface area contributed by atoms with Crippen molar-refractivity contribution in [2.24, 2.45) is 5.73 Å². The first-order chi connectivity index (χ1) is 9.86. The first-order valence-corrected chi connectivity index (χ1v) is 6.85. The van der Waals surface area contributed by atoms with E-state index in [1.807, 2.05) is 26.0 Å². The molecule has 2 aromatic rings. The molecule has 0 bridgehead atoms. The Morgan fingerprint density at radius 3 is 2.52 bits per heavy atom. The number of nitrogens with two attached hydrogens (primary N) is 1. The highest BCUT2D eigenvalue weighted by Crippen LogP contribution is 2.27. The number of amidine groups is 1. The Morgan fingerprint density at radius 2 is 1.90 bits per heavy atom. The number of nitrogens with zero attached hydrogens (tertiary/aromatic N) is 2. The standard InChI is InChI=1S/C16H20N4O/c1-9(2)12-6-5-10(3)14(8-12)21-16-19-11(4)7-13(20-16)15(17)18/h5-9H,1-4H3,(H3,17,18). The maximum absolute atomic E-state index is 7.47. The average Bonchev–Trinajstić information content (AvgIpc) is 2.40. The fraction of sp³-hybridized carbons (Fsp3) is 0.312. The van der Waals surface area contributed by atoms with Crippen LogP contribution in [0.2, 0.25) is 0 Å². The van der Waals surface area contributed by atoms with Gasteiger partial charge in [-0.25, -0.2) is 4.98 Å². The molecule has 0 radical (unpaired) electrons. The summed E-state index contributed by atoms with van der Waals surface area (Å²) in [6.45, 7) is 8.05. The van der Waals surface area contributed by atoms with Crippen molar-refractivity contribution in [3.05, 3.63) is 46.8 Å². The molecule has 0 aliphatic rings. The molecule has 0 amide bonds. The van der Waals surface area contributed by atoms with E-state index in [1.165, 1.54) is 5.56 Å². The zero-order chi connectivity index (χ0) is 15.6. The van der Waals surface area contributed by atoms with Gasteiger partial charge in [0.1, 0.15) is 17.3 Å². The molecule has 0 aliphatic carbocycles. The Labute approximate surface area is 124 Å². The van der Waals surface area contributed by atoms with E-state index in [1.54, 1.807) is 6.07 Å². The predicted octanol–water partition coefficient (Wildman–Crippen LogP) is 3.29. The van der Waals surface area contributed by atoms with Crippen LogP contribution < -0.4 is 10.5 Å². The molecular formula is C16H20N4O. The number of nitrogens with one attached hydrogen (secondary N) is 1. The van der Waals surface area contributed by atoms with Crippen molar-refractivity contribution in [3.8, 4) is 11.8 Å². The predicted molar refractivity (Wildman–Crippen MR) is 83.1 cm³/mol. The SMILES string of the molecule is Cc1cc(C(=N)N)nc(Oc2cc(C(C)C)ccc2C)n1. The Kier molecular flexibility index (Phi) is 4.21. The van der Waals surface area contributed by atoms with Crippen LogP contribution in [0.1, 0.15) is 42.3 Å². The lowest BCUT2D eigenvalue weighted by atomic mass is 10.0. The summed E-state index contributed by atoms with van der Waals surface area (Å²) in [5, 5.41) is 7.47. The van der Waals surface area contributed by atoms with E-state index >= 15 is 0 Å². The summed E-state index contributed by atoms with van der Waals surface area (Å²) in [5.41, 5.74) is 8.76. The van der Waals surface area contributed by atoms with Gasteiger partial charge in [0, 0.05) is 5.69 Å². The highest BCUT2D eigenvalue weighted by Gasteiger charge is 2.10. The van der Waals surface area contributed by atoms with Gasteiger partial charge in [-0.2, -0.15) is 4.98 Å². The van der Waals surface area contributed by atoms with E-state index in [0.717, 1.165) is 11.3 Å². The third kappa shape index (κ3) is 3.56. The molecule has 0 saturated carbocycles. The summed E-state index contributed by atoms with van der Waals surface area (Å²) in [6.07, 6.45) is 0. The van der Waals surface area contributed by atoms with Gasteiger partial charge in [0.05, 0.1) is 0 Å². The molecule has 110 valence electrons. The summed E-state index contributed by atoms with van der Waals surface area (Å²) < 4.78 is 5.80. The molecule has 2 rings (SSSR count). The fourth-order valence-corrected chi connectivity index (χ4v) is 1.91. The topological polar surface area (TPSA) is 84.9 Å². The number of aryl methyl sites for hydroxylation is 2. The van der Waals surface area contributed by atoms with Crippen LogP contribution in [0.5, 0.6) is 11.8 Å². The van der Waals surface area contributed by atoms with Crippen LogP contribution in [0.15, 0.2) is 24.3 Å². The molecule has 1 aromatic heterocycles. The van der Waals surface area contributed by atoms with Crippen LogP contribution in [0.4, 0.5) is 0 Å². The van der Waals surface area contributed by atoms with Gasteiger partial charge in [0.15, 0.2) is 0 Å². The van der Waals surface area contributed by atoms with E-state index in [2.05, 4.69) is 29.9 Å². The van der Waals surface area contributed by atoms with Gasteiger partial charge >= 0.3 is 6.01 Å². The third-order valence-corrected chi connectivity index (χ3v) is 3.19. The van der Waals surface area contributed by atoms with Crippen molar-refractivity contribution in [2.75, 3.05) is 0 Å². The van der Waals surface area contributed by atoms with Gasteiger partial charge in [-0.15, -0.1) is 0 Å². The van der Waals surface area contributed by atoms with Gasteiger partial charge < -0.3 is 10.5 Å². The number of hydrogen-bond donors (Lipinski definition) is 2. The average molecular weight is 284 g/mol. The number of nitrogen functional groups attached to an aromatic ring is 1. The second-order valence-corrected chi connectivity index (χ2v) is 5.37. The molecule has 3 N–H and O–H groups in total. The summed E-state index contributed by atoms with van der Waals surface area (Å²) in [5.74, 6) is 1.04. The van der Waals surface area contributed by atoms with Crippen LogP contribution in [-0.4, -0.2) is 15.8 Å². The van der Waals surface area contributed by atoms with E-state index < -0.39 is 0 Å². The smallest absolute Gasteiger partial charge is 0.322 e. The lowest BCUT2D eigenvalue weighted by Gasteiger charge is -2.12. The van der Waals surface area contributed by atoms with Gasteiger partial charge in [-0.05, 0) is 43.0 Å². The summed E-state index contributed by atoms with van der Waals surface area (Å²) in [7, 11) is 0. The number of aromatic nitrogens is 2. The number of hydrogen-bond acceptors (Lipinski definition) is 4. The summed E-state index contributed by atoms with van der Waals surface area (Å²) in [6, 6.07) is 7.98. The number of rotatable bonds is 4. The van der Waals surface area contributed by atoms with Gasteiger partial charge in [-0.1, -0.05) is 26.0 Å². The molecular weight excluding hydrogens is 264 g/mol. The van der Waals surface area contributed by atoms with Crippen LogP contribution in [0.3, 0.4) is 0 Å². The van der Waals surface area contributed by atoms with Gasteiger partial charge in [0.25, 0.3) is 0 Å². The molecule has 21 heavy (non-hydrogen) atoms. The van der Waals surface area contributed by atoms with Crippen molar-refractivity contribution in [1.82, 2.24) is 9.97 Å². The maximum atomic E-state index is 7.47. The van der Waals surface area contributed by atoms with E-state index in [-0.39, 0.29) is 11.8 Å². The zero-order valence-corrected chi connectivity index (χ0v) is 12.8. The van der Waals surface area contributed by atoms with Crippen molar-refractivity contribution >= 4 is 5.84 Å². The van der Waals surface area contributed by atoms with Crippen LogP contribution >= 0.6 is 0 Å². The second-order valence-electron chi connectivity index (χ2n) is 5.37. The molecule has 5 heteroatoms. The summed E-state index contributed by atoms with van der Waals surface area (Å²) in [4.78, 5) is 8.40. The molecule has 0 aliphatic heterocycles. The van der Waals surface area contributed by atoms with E-state index in [9.17, 15) is 0 Å². The summed E-state index contributed by atoms with van der Waals surface area (Å²) >= 11 is 0. The Morgan fingerprint density at radius 1 is 1.19 bits per heavy atom. The highest BCUT2D eigenvalue weighted by molar-refractivity contribution is 5.93. The number of benzene rings is 1. The minimum absolute atomic E-state index is 0.0991. The Balaban J connectivity index is 2.38. The quantitative estimate of drug-likeness (QED) is 0.666. The van der Waals surface area contributed by atoms with Crippen LogP contribution in [-0.2, 0) is 0 Å². The highest BCUT2D eigenvalue weighted by atomic mass is 16.5. The zero-order valence-electron chi connectivity index (χ0n) is 12.8. The second kappa shape index (κ2) is 5.91. The van der Waals surface area contributed by atoms with Gasteiger partial charge in [-0.3, -0.25) is 5.41 Å². The third-order valence-electron chi connectivity index (χ3n) is 3.19. The molecule has 0 unspecified atom stereocenters. The first kappa shape index (κ1) is 15.0. The Hall–Kier alpha value is -2.43. The van der Waals surface area contributed by atoms with Crippen LogP contribution in [0.25, 0.3) is 0 Å². The first-order valence-electron chi connectivity index (χ1n) is 6.85. The van der Waals surface area contributed by atoms with Crippen molar-refractivity contribution in [1.29, 1.82) is 5.41 Å². The van der Waals surface area contributed by atoms with Gasteiger partial charge in [0.2, 0.25) is 0 Å². The van der Waals surface area contributed by atoms with Crippen LogP contribution in [0, 0.1) is 19.3 Å². The number of ether oxygens (including phenoxy) is 1. The maximum Gasteiger partial charge on any atom is 0.322 e. The molecule has 0 fully saturated rings. The van der Waals surface area contributed by atoms with E-state index in [0.29, 0.717) is 17.3 Å². The Bertz CT molecular complexity index is 680. The van der Waals surface area contributed by atoms with E-state index in [4.69, 9.17) is 15.9 Å². The largest absolute Gasteiger partial charge is 0.424 e. The molecule has 5 nitrogen and oxygen atoms in total. The minimum atomic E-state index is -0.0991. The minimum Gasteiger partial charge on any atom is -0.424 e. The molecule has 0 saturated heterocycles.